The normalized spacial score (nSPS) is 28.7. The zero-order valence-corrected chi connectivity index (χ0v) is 23.1. The van der Waals surface area contributed by atoms with Gasteiger partial charge in [0.15, 0.2) is 0 Å². The van der Waals surface area contributed by atoms with E-state index < -0.39 is 0 Å². The van der Waals surface area contributed by atoms with Crippen LogP contribution in [-0.2, 0) is 0 Å². The Balaban J connectivity index is 1.78. The molecule has 5 rings (SSSR count). The Bertz CT molecular complexity index is 1430. The molecule has 0 spiro atoms. The molecule has 2 nitrogen and oxygen atoms in total. The van der Waals surface area contributed by atoms with Crippen molar-refractivity contribution in [2.24, 2.45) is 15.4 Å². The first-order chi connectivity index (χ1) is 16.4. The maximum Gasteiger partial charge on any atom is 0.0672 e. The summed E-state index contributed by atoms with van der Waals surface area (Å²) in [4.78, 5) is 10.3. The van der Waals surface area contributed by atoms with Gasteiger partial charge in [0.05, 0.1) is 22.8 Å². The summed E-state index contributed by atoms with van der Waals surface area (Å²) in [5, 5.41) is 0. The third kappa shape index (κ3) is 3.78. The quantitative estimate of drug-likeness (QED) is 0.343. The Morgan fingerprint density at radius 1 is 0.514 bits per heavy atom. The molecule has 0 radical (unpaired) electrons. The van der Waals surface area contributed by atoms with Gasteiger partial charge in [0, 0.05) is 0 Å². The van der Waals surface area contributed by atoms with Gasteiger partial charge in [0.2, 0.25) is 0 Å². The fourth-order valence-corrected chi connectivity index (χ4v) is 6.01. The largest absolute Gasteiger partial charge is 0.248 e. The second-order valence-electron chi connectivity index (χ2n) is 11.8. The van der Waals surface area contributed by atoms with Gasteiger partial charge in [-0.25, -0.2) is 9.98 Å². The Hall–Kier alpha value is -3.00. The molecule has 180 valence electrons. The molecule has 0 fully saturated rings. The van der Waals surface area contributed by atoms with Gasteiger partial charge in [-0.2, -0.15) is 0 Å². The molecule has 35 heavy (non-hydrogen) atoms. The van der Waals surface area contributed by atoms with E-state index in [0.717, 1.165) is 35.7 Å². The third-order valence-corrected chi connectivity index (χ3v) is 8.60. The van der Waals surface area contributed by atoms with E-state index in [0.29, 0.717) is 0 Å². The standard InChI is InChI=1S/C33H38N2/c1-17-18(2)25-11-24(17)13-28-19(3)20(4)30(34-28)15-26-12-27(32(23(26)7)33(8,9)10)16-31-22(6)21(5)29(14-25)35-31/h13-16H,11-12H2,1-10H3/b24-13?,25-14?,26-15+,27-16+,28-13-,29-14-,30-15?,31-16?. The topological polar surface area (TPSA) is 24.7 Å². The fraction of sp³-hybridized carbons (Fsp3) is 0.394. The molecule has 0 N–H and O–H groups in total. The lowest BCUT2D eigenvalue weighted by molar-refractivity contribution is 0.509. The molecule has 0 unspecified atom stereocenters. The summed E-state index contributed by atoms with van der Waals surface area (Å²) in [6, 6.07) is 0. The lowest BCUT2D eigenvalue weighted by Gasteiger charge is -2.23. The molecule has 0 saturated heterocycles. The van der Waals surface area contributed by atoms with Gasteiger partial charge in [-0.15, -0.1) is 0 Å². The van der Waals surface area contributed by atoms with Gasteiger partial charge in [-0.3, -0.25) is 0 Å². The molecule has 0 saturated carbocycles. The summed E-state index contributed by atoms with van der Waals surface area (Å²) >= 11 is 0. The van der Waals surface area contributed by atoms with Crippen LogP contribution in [0.25, 0.3) is 0 Å². The SMILES string of the molecule is CC1=C2/C=C3N=C(/C=C4\C/C(=C\C5=NC(=C\C(=C1C)C2)/C(C)=C5C)C(C(C)(C)C)=C4C)C(C)=C\3C. The van der Waals surface area contributed by atoms with Crippen LogP contribution in [0.5, 0.6) is 0 Å². The molecule has 0 aromatic carbocycles. The van der Waals surface area contributed by atoms with Gasteiger partial charge in [0.25, 0.3) is 0 Å². The van der Waals surface area contributed by atoms with E-state index in [1.165, 1.54) is 66.9 Å². The van der Waals surface area contributed by atoms with E-state index in [-0.39, 0.29) is 5.41 Å². The van der Waals surface area contributed by atoms with Gasteiger partial charge < -0.3 is 0 Å². The molecular weight excluding hydrogens is 424 g/mol. The lowest BCUT2D eigenvalue weighted by atomic mass is 9.81. The molecule has 0 atom stereocenters. The predicted molar refractivity (Wildman–Crippen MR) is 151 cm³/mol. The van der Waals surface area contributed by atoms with Crippen molar-refractivity contribution in [3.63, 3.8) is 0 Å². The average Bonchev–Trinajstić information content (AvgIpc) is 3.41. The van der Waals surface area contributed by atoms with Crippen molar-refractivity contribution >= 4 is 11.4 Å². The molecule has 2 heteroatoms. The number of hydrogen-bond acceptors (Lipinski definition) is 2. The first-order valence-electron chi connectivity index (χ1n) is 12.9. The van der Waals surface area contributed by atoms with E-state index in [4.69, 9.17) is 9.98 Å². The Morgan fingerprint density at radius 2 is 0.971 bits per heavy atom. The molecule has 3 heterocycles. The molecule has 2 aliphatic carbocycles. The molecule has 0 aromatic heterocycles. The van der Waals surface area contributed by atoms with Crippen molar-refractivity contribution in [1.82, 2.24) is 0 Å². The van der Waals surface area contributed by atoms with Crippen molar-refractivity contribution in [3.05, 3.63) is 103 Å². The second kappa shape index (κ2) is 8.01. The highest BCUT2D eigenvalue weighted by molar-refractivity contribution is 6.14. The first-order valence-corrected chi connectivity index (χ1v) is 12.9. The molecule has 8 bridgehead atoms. The number of rotatable bonds is 0. The number of hydrogen-bond donors (Lipinski definition) is 0. The summed E-state index contributed by atoms with van der Waals surface area (Å²) < 4.78 is 0. The Kier molecular flexibility index (Phi) is 5.43. The minimum Gasteiger partial charge on any atom is -0.248 e. The van der Waals surface area contributed by atoms with Gasteiger partial charge in [-0.1, -0.05) is 20.8 Å². The summed E-state index contributed by atoms with van der Waals surface area (Å²) in [5.41, 5.74) is 20.8. The van der Waals surface area contributed by atoms with Crippen LogP contribution in [0.2, 0.25) is 0 Å². The smallest absolute Gasteiger partial charge is 0.0672 e. The molecule has 0 amide bonds. The van der Waals surface area contributed by atoms with E-state index in [1.807, 2.05) is 0 Å². The van der Waals surface area contributed by atoms with E-state index in [1.54, 1.807) is 0 Å². The maximum absolute atomic E-state index is 5.17. The summed E-state index contributed by atoms with van der Waals surface area (Å²) in [7, 11) is 0. The van der Waals surface area contributed by atoms with Gasteiger partial charge in [-0.05, 0) is 158 Å². The molecule has 5 aliphatic rings. The molecule has 0 aromatic rings. The second-order valence-corrected chi connectivity index (χ2v) is 11.8. The lowest BCUT2D eigenvalue weighted by Crippen LogP contribution is -2.11. The predicted octanol–water partition coefficient (Wildman–Crippen LogP) is 9.01. The van der Waals surface area contributed by atoms with Crippen LogP contribution in [0.3, 0.4) is 0 Å². The van der Waals surface area contributed by atoms with Gasteiger partial charge in [0.1, 0.15) is 0 Å². The maximum atomic E-state index is 5.17. The summed E-state index contributed by atoms with van der Waals surface area (Å²) in [6.07, 6.45) is 11.2. The van der Waals surface area contributed by atoms with E-state index in [9.17, 15) is 0 Å². The van der Waals surface area contributed by atoms with E-state index >= 15 is 0 Å². The van der Waals surface area contributed by atoms with Crippen molar-refractivity contribution in [3.8, 4) is 0 Å². The zero-order valence-electron chi connectivity index (χ0n) is 23.1. The van der Waals surface area contributed by atoms with Crippen LogP contribution in [0, 0.1) is 5.41 Å². The highest BCUT2D eigenvalue weighted by Crippen LogP contribution is 2.46. The van der Waals surface area contributed by atoms with Crippen LogP contribution in [0.1, 0.15) is 82.1 Å². The zero-order chi connectivity index (χ0) is 25.4. The highest BCUT2D eigenvalue weighted by Gasteiger charge is 2.32. The van der Waals surface area contributed by atoms with Crippen LogP contribution < -0.4 is 0 Å². The van der Waals surface area contributed by atoms with Gasteiger partial charge >= 0.3 is 0 Å². The van der Waals surface area contributed by atoms with Crippen LogP contribution >= 0.6 is 0 Å². The minimum atomic E-state index is 0.0628. The van der Waals surface area contributed by atoms with Crippen molar-refractivity contribution in [1.29, 1.82) is 0 Å². The van der Waals surface area contributed by atoms with Crippen molar-refractivity contribution < 1.29 is 0 Å². The Labute approximate surface area is 211 Å². The van der Waals surface area contributed by atoms with Crippen molar-refractivity contribution in [2.45, 2.75) is 82.1 Å². The number of fused-ring (bicyclic) bond motifs is 6. The highest BCUT2D eigenvalue weighted by atomic mass is 14.8. The van der Waals surface area contributed by atoms with Crippen LogP contribution in [-0.4, -0.2) is 11.4 Å². The minimum absolute atomic E-state index is 0.0628. The third-order valence-electron chi connectivity index (χ3n) is 8.60. The number of aliphatic imine (C=N–C) groups is 2. The Morgan fingerprint density at radius 3 is 1.43 bits per heavy atom. The number of nitrogens with zero attached hydrogens (tertiary/aromatic N) is 2. The van der Waals surface area contributed by atoms with E-state index in [2.05, 4.69) is 93.5 Å². The monoisotopic (exact) mass is 462 g/mol. The molecular formula is C33H38N2. The molecule has 3 aliphatic heterocycles. The van der Waals surface area contributed by atoms with Crippen LogP contribution in [0.15, 0.2) is 113 Å². The van der Waals surface area contributed by atoms with Crippen LogP contribution in [0.4, 0.5) is 0 Å². The average molecular weight is 463 g/mol. The summed E-state index contributed by atoms with van der Waals surface area (Å²) in [5.74, 6) is 0. The number of allylic oxidation sites excluding steroid dienone is 16. The fourth-order valence-electron chi connectivity index (χ4n) is 6.01. The summed E-state index contributed by atoms with van der Waals surface area (Å²) in [6.45, 7) is 22.6. The first kappa shape index (κ1) is 23.7. The van der Waals surface area contributed by atoms with Crippen molar-refractivity contribution in [2.75, 3.05) is 0 Å².